The normalized spacial score (nSPS) is 37.1. The van der Waals surface area contributed by atoms with Crippen LogP contribution in [-0.4, -0.2) is 32.6 Å². The molecule has 28 heavy (non-hydrogen) atoms. The van der Waals surface area contributed by atoms with E-state index in [2.05, 4.69) is 16.0 Å². The lowest BCUT2D eigenvalue weighted by Gasteiger charge is -2.56. The molecular formula is C22H34N6. The van der Waals surface area contributed by atoms with E-state index in [-0.39, 0.29) is 5.54 Å². The van der Waals surface area contributed by atoms with Gasteiger partial charge < -0.3 is 16.0 Å². The molecular weight excluding hydrogens is 348 g/mol. The van der Waals surface area contributed by atoms with Crippen LogP contribution in [-0.2, 0) is 0 Å². The number of aromatic nitrogens is 3. The second-order valence-electron chi connectivity index (χ2n) is 10.5. The van der Waals surface area contributed by atoms with Crippen molar-refractivity contribution in [3.63, 3.8) is 0 Å². The monoisotopic (exact) mass is 382 g/mol. The Morgan fingerprint density at radius 3 is 1.64 bits per heavy atom. The lowest BCUT2D eigenvalue weighted by molar-refractivity contribution is 0.0103. The van der Waals surface area contributed by atoms with Crippen LogP contribution >= 0.6 is 0 Å². The highest BCUT2D eigenvalue weighted by Gasteiger charge is 2.51. The van der Waals surface area contributed by atoms with Gasteiger partial charge in [0.25, 0.3) is 0 Å². The molecule has 0 amide bonds. The molecule has 6 nitrogen and oxygen atoms in total. The Morgan fingerprint density at radius 1 is 0.607 bits per heavy atom. The summed E-state index contributed by atoms with van der Waals surface area (Å²) in [5, 5.41) is 11.0. The lowest BCUT2D eigenvalue weighted by Crippen LogP contribution is -2.55. The van der Waals surface area contributed by atoms with E-state index < -0.39 is 0 Å². The number of nitrogens with one attached hydrogen (secondary N) is 3. The zero-order chi connectivity index (χ0) is 18.6. The van der Waals surface area contributed by atoms with Gasteiger partial charge in [0.05, 0.1) is 0 Å². The third-order valence-corrected chi connectivity index (χ3v) is 7.90. The summed E-state index contributed by atoms with van der Waals surface area (Å²) in [5.74, 6) is 5.07. The topological polar surface area (TPSA) is 74.8 Å². The fourth-order valence-electron chi connectivity index (χ4n) is 6.90. The molecule has 0 unspecified atom stereocenters. The third-order valence-electron chi connectivity index (χ3n) is 7.90. The smallest absolute Gasteiger partial charge is 0.229 e. The van der Waals surface area contributed by atoms with Gasteiger partial charge in [0.2, 0.25) is 17.8 Å². The molecule has 0 saturated heterocycles. The predicted octanol–water partition coefficient (Wildman–Crippen LogP) is 4.57. The van der Waals surface area contributed by atoms with E-state index in [1.54, 1.807) is 0 Å². The molecule has 152 valence electrons. The minimum absolute atomic E-state index is 0.231. The molecule has 1 heterocycles. The van der Waals surface area contributed by atoms with Crippen LogP contribution in [0, 0.1) is 17.8 Å². The molecule has 6 aliphatic carbocycles. The van der Waals surface area contributed by atoms with E-state index in [1.165, 1.54) is 83.5 Å². The summed E-state index contributed by atoms with van der Waals surface area (Å²) in [7, 11) is 0. The van der Waals surface area contributed by atoms with E-state index in [1.807, 2.05) is 0 Å². The van der Waals surface area contributed by atoms with Crippen LogP contribution < -0.4 is 16.0 Å². The summed E-state index contributed by atoms with van der Waals surface area (Å²) < 4.78 is 0. The fourth-order valence-corrected chi connectivity index (χ4v) is 6.90. The highest BCUT2D eigenvalue weighted by atomic mass is 15.3. The van der Waals surface area contributed by atoms with E-state index >= 15 is 0 Å². The van der Waals surface area contributed by atoms with Crippen LogP contribution in [0.3, 0.4) is 0 Å². The largest absolute Gasteiger partial charge is 0.351 e. The zero-order valence-corrected chi connectivity index (χ0v) is 16.9. The molecule has 0 atom stereocenters. The Balaban J connectivity index is 1.24. The van der Waals surface area contributed by atoms with Crippen molar-refractivity contribution in [3.05, 3.63) is 0 Å². The van der Waals surface area contributed by atoms with Gasteiger partial charge in [-0.15, -0.1) is 0 Å². The number of hydrogen-bond donors (Lipinski definition) is 3. The molecule has 0 aliphatic heterocycles. The minimum Gasteiger partial charge on any atom is -0.351 e. The number of hydrogen-bond acceptors (Lipinski definition) is 6. The van der Waals surface area contributed by atoms with Gasteiger partial charge in [0.15, 0.2) is 0 Å². The first-order chi connectivity index (χ1) is 13.7. The summed E-state index contributed by atoms with van der Waals surface area (Å²) in [6, 6.07) is 1.06. The van der Waals surface area contributed by atoms with Crippen LogP contribution in [0.1, 0.15) is 83.5 Å². The molecule has 0 spiro atoms. The van der Waals surface area contributed by atoms with E-state index in [4.69, 9.17) is 15.0 Å². The van der Waals surface area contributed by atoms with Crippen LogP contribution in [0.5, 0.6) is 0 Å². The van der Waals surface area contributed by atoms with Crippen molar-refractivity contribution in [2.24, 2.45) is 17.8 Å². The van der Waals surface area contributed by atoms with Crippen LogP contribution in [0.4, 0.5) is 17.8 Å². The Morgan fingerprint density at radius 2 is 1.11 bits per heavy atom. The molecule has 0 aromatic carbocycles. The van der Waals surface area contributed by atoms with Crippen molar-refractivity contribution >= 4 is 17.8 Å². The molecule has 4 bridgehead atoms. The number of nitrogens with zero attached hydrogens (tertiary/aromatic N) is 3. The van der Waals surface area contributed by atoms with Crippen LogP contribution in [0.25, 0.3) is 0 Å². The van der Waals surface area contributed by atoms with E-state index in [0.717, 1.165) is 35.6 Å². The van der Waals surface area contributed by atoms with Gasteiger partial charge in [-0.25, -0.2) is 0 Å². The standard InChI is InChI=1S/C22H34N6/c1-2-4-17(5-3-1)23-19-25-20(24-18-6-7-18)27-21(26-19)28-22-11-14-8-15(12-22)10-16(9-14)13-22/h14-18H,1-13H2,(H3,23,24,25,26,27,28). The second-order valence-corrected chi connectivity index (χ2v) is 10.5. The number of rotatable bonds is 6. The molecule has 6 heteroatoms. The first-order valence-corrected chi connectivity index (χ1v) is 11.8. The molecule has 0 radical (unpaired) electrons. The summed E-state index contributed by atoms with van der Waals surface area (Å²) in [6.07, 6.45) is 17.2. The van der Waals surface area contributed by atoms with Crippen molar-refractivity contribution in [2.45, 2.75) is 101 Å². The molecule has 6 aliphatic rings. The molecule has 3 N–H and O–H groups in total. The van der Waals surface area contributed by atoms with Crippen molar-refractivity contribution < 1.29 is 0 Å². The molecule has 6 saturated carbocycles. The molecule has 7 rings (SSSR count). The van der Waals surface area contributed by atoms with Gasteiger partial charge >= 0.3 is 0 Å². The maximum Gasteiger partial charge on any atom is 0.229 e. The highest BCUT2D eigenvalue weighted by Crippen LogP contribution is 2.56. The SMILES string of the molecule is C1CCC(Nc2nc(NC3CC3)nc(NC34CC5CC(CC(C5)C3)C4)n2)CC1. The van der Waals surface area contributed by atoms with Crippen molar-refractivity contribution in [3.8, 4) is 0 Å². The Hall–Kier alpha value is -1.59. The van der Waals surface area contributed by atoms with Crippen molar-refractivity contribution in [1.29, 1.82) is 0 Å². The predicted molar refractivity (Wildman–Crippen MR) is 111 cm³/mol. The van der Waals surface area contributed by atoms with Gasteiger partial charge in [-0.1, -0.05) is 19.3 Å². The van der Waals surface area contributed by atoms with Gasteiger partial charge in [0, 0.05) is 17.6 Å². The Kier molecular flexibility index (Phi) is 4.16. The first-order valence-electron chi connectivity index (χ1n) is 11.8. The van der Waals surface area contributed by atoms with Crippen LogP contribution in [0.2, 0.25) is 0 Å². The maximum atomic E-state index is 4.85. The summed E-state index contributed by atoms with van der Waals surface area (Å²) in [5.41, 5.74) is 0.231. The van der Waals surface area contributed by atoms with Gasteiger partial charge in [-0.3, -0.25) is 0 Å². The minimum atomic E-state index is 0.231. The quantitative estimate of drug-likeness (QED) is 0.669. The average Bonchev–Trinajstić information content (AvgIpc) is 3.45. The molecule has 1 aromatic heterocycles. The third kappa shape index (κ3) is 3.55. The van der Waals surface area contributed by atoms with Gasteiger partial charge in [-0.05, 0) is 82.0 Å². The average molecular weight is 383 g/mol. The zero-order valence-electron chi connectivity index (χ0n) is 16.9. The Bertz CT molecular complexity index is 688. The Labute approximate surface area is 168 Å². The lowest BCUT2D eigenvalue weighted by atomic mass is 9.53. The number of anilines is 3. The van der Waals surface area contributed by atoms with Crippen molar-refractivity contribution in [1.82, 2.24) is 15.0 Å². The highest BCUT2D eigenvalue weighted by molar-refractivity contribution is 5.45. The van der Waals surface area contributed by atoms with E-state index in [0.29, 0.717) is 12.1 Å². The second kappa shape index (κ2) is 6.74. The van der Waals surface area contributed by atoms with Gasteiger partial charge in [0.1, 0.15) is 0 Å². The summed E-state index contributed by atoms with van der Waals surface area (Å²) in [4.78, 5) is 14.4. The fraction of sp³-hybridized carbons (Fsp3) is 0.864. The molecule has 1 aromatic rings. The molecule has 6 fully saturated rings. The summed E-state index contributed by atoms with van der Waals surface area (Å²) in [6.45, 7) is 0. The van der Waals surface area contributed by atoms with Gasteiger partial charge in [-0.2, -0.15) is 15.0 Å². The van der Waals surface area contributed by atoms with Crippen LogP contribution in [0.15, 0.2) is 0 Å². The first kappa shape index (κ1) is 17.3. The summed E-state index contributed by atoms with van der Waals surface area (Å²) >= 11 is 0. The maximum absolute atomic E-state index is 4.85. The van der Waals surface area contributed by atoms with Crippen molar-refractivity contribution in [2.75, 3.05) is 16.0 Å². The van der Waals surface area contributed by atoms with E-state index in [9.17, 15) is 0 Å².